The summed E-state index contributed by atoms with van der Waals surface area (Å²) < 4.78 is 0.669. The highest BCUT2D eigenvalue weighted by molar-refractivity contribution is 7.18. The highest BCUT2D eigenvalue weighted by Crippen LogP contribution is 2.29. The van der Waals surface area contributed by atoms with Gasteiger partial charge in [0.2, 0.25) is 0 Å². The maximum absolute atomic E-state index is 12.3. The van der Waals surface area contributed by atoms with E-state index in [1.54, 1.807) is 6.07 Å². The highest BCUT2D eigenvalue weighted by atomic mass is 35.5. The van der Waals surface area contributed by atoms with E-state index in [-0.39, 0.29) is 5.78 Å². The number of halogens is 1. The predicted molar refractivity (Wildman–Crippen MR) is 85.4 cm³/mol. The molecule has 0 unspecified atom stereocenters. The standard InChI is InChI=1S/C16H16ClNOS/c1-11-4-5-13-12(9-11)3-2-8-18(13)10-14(19)15-6-7-16(17)20-15/h4-7,9H,2-3,8,10H2,1H3. The molecular formula is C16H16ClNOS. The number of anilines is 1. The summed E-state index contributed by atoms with van der Waals surface area (Å²) in [6, 6.07) is 10.1. The Morgan fingerprint density at radius 2 is 2.20 bits per heavy atom. The minimum Gasteiger partial charge on any atom is -0.364 e. The van der Waals surface area contributed by atoms with Crippen molar-refractivity contribution in [3.63, 3.8) is 0 Å². The molecule has 1 aliphatic heterocycles. The largest absolute Gasteiger partial charge is 0.364 e. The van der Waals surface area contributed by atoms with Crippen LogP contribution in [0.2, 0.25) is 4.34 Å². The number of rotatable bonds is 3. The summed E-state index contributed by atoms with van der Waals surface area (Å²) in [5.41, 5.74) is 3.84. The first-order valence-corrected chi connectivity index (χ1v) is 7.96. The molecule has 0 saturated carbocycles. The van der Waals surface area contributed by atoms with Crippen LogP contribution < -0.4 is 4.90 Å². The minimum atomic E-state index is 0.148. The van der Waals surface area contributed by atoms with Gasteiger partial charge in [-0.3, -0.25) is 4.79 Å². The van der Waals surface area contributed by atoms with Crippen molar-refractivity contribution in [3.05, 3.63) is 50.7 Å². The van der Waals surface area contributed by atoms with E-state index in [0.717, 1.165) is 24.3 Å². The van der Waals surface area contributed by atoms with Gasteiger partial charge in [0.15, 0.2) is 5.78 Å². The molecule has 0 aliphatic carbocycles. The zero-order valence-corrected chi connectivity index (χ0v) is 12.9. The minimum absolute atomic E-state index is 0.148. The molecule has 3 rings (SSSR count). The van der Waals surface area contributed by atoms with E-state index in [4.69, 9.17) is 11.6 Å². The zero-order valence-electron chi connectivity index (χ0n) is 11.4. The summed E-state index contributed by atoms with van der Waals surface area (Å²) >= 11 is 7.26. The van der Waals surface area contributed by atoms with Crippen LogP contribution >= 0.6 is 22.9 Å². The second kappa shape index (κ2) is 5.58. The van der Waals surface area contributed by atoms with Crippen LogP contribution in [-0.4, -0.2) is 18.9 Å². The number of Topliss-reactive ketones (excluding diaryl/α,β-unsaturated/α-hetero) is 1. The molecule has 0 bridgehead atoms. The Morgan fingerprint density at radius 3 is 2.95 bits per heavy atom. The number of hydrogen-bond acceptors (Lipinski definition) is 3. The Hall–Kier alpha value is -1.32. The normalized spacial score (nSPS) is 14.2. The number of thiophene rings is 1. The Morgan fingerprint density at radius 1 is 1.35 bits per heavy atom. The number of fused-ring (bicyclic) bond motifs is 1. The monoisotopic (exact) mass is 305 g/mol. The molecule has 4 heteroatoms. The van der Waals surface area contributed by atoms with Crippen LogP contribution in [-0.2, 0) is 6.42 Å². The molecule has 1 aromatic heterocycles. The van der Waals surface area contributed by atoms with Gasteiger partial charge in [-0.05, 0) is 43.5 Å². The molecule has 0 spiro atoms. The van der Waals surface area contributed by atoms with Crippen LogP contribution in [0.15, 0.2) is 30.3 Å². The van der Waals surface area contributed by atoms with Crippen LogP contribution in [0.3, 0.4) is 0 Å². The van der Waals surface area contributed by atoms with Gasteiger partial charge in [0.1, 0.15) is 0 Å². The lowest BCUT2D eigenvalue weighted by Gasteiger charge is -2.30. The average Bonchev–Trinajstić information content (AvgIpc) is 2.85. The van der Waals surface area contributed by atoms with E-state index in [2.05, 4.69) is 30.0 Å². The quantitative estimate of drug-likeness (QED) is 0.786. The first kappa shape index (κ1) is 13.7. The summed E-state index contributed by atoms with van der Waals surface area (Å²) in [7, 11) is 0. The number of aryl methyl sites for hydroxylation is 2. The molecule has 0 atom stereocenters. The summed E-state index contributed by atoms with van der Waals surface area (Å²) in [6.07, 6.45) is 2.21. The fourth-order valence-corrected chi connectivity index (χ4v) is 3.66. The molecule has 2 nitrogen and oxygen atoms in total. The third-order valence-corrected chi connectivity index (χ3v) is 4.90. The van der Waals surface area contributed by atoms with E-state index in [1.807, 2.05) is 6.07 Å². The molecular weight excluding hydrogens is 290 g/mol. The fourth-order valence-electron chi connectivity index (χ4n) is 2.68. The summed E-state index contributed by atoms with van der Waals surface area (Å²) in [5, 5.41) is 0. The average molecular weight is 306 g/mol. The van der Waals surface area contributed by atoms with Crippen molar-refractivity contribution in [2.45, 2.75) is 19.8 Å². The van der Waals surface area contributed by atoms with Crippen LogP contribution in [0.4, 0.5) is 5.69 Å². The van der Waals surface area contributed by atoms with Crippen LogP contribution in [0, 0.1) is 6.92 Å². The molecule has 0 radical (unpaired) electrons. The molecule has 0 amide bonds. The third kappa shape index (κ3) is 2.74. The van der Waals surface area contributed by atoms with Crippen molar-refractivity contribution in [1.29, 1.82) is 0 Å². The van der Waals surface area contributed by atoms with Crippen molar-refractivity contribution in [1.82, 2.24) is 0 Å². The van der Waals surface area contributed by atoms with E-state index >= 15 is 0 Å². The van der Waals surface area contributed by atoms with Crippen molar-refractivity contribution in [2.75, 3.05) is 18.0 Å². The highest BCUT2D eigenvalue weighted by Gasteiger charge is 2.20. The van der Waals surface area contributed by atoms with Gasteiger partial charge in [0.05, 0.1) is 15.8 Å². The molecule has 104 valence electrons. The maximum atomic E-state index is 12.3. The van der Waals surface area contributed by atoms with Gasteiger partial charge >= 0.3 is 0 Å². The van der Waals surface area contributed by atoms with Crippen molar-refractivity contribution < 1.29 is 4.79 Å². The van der Waals surface area contributed by atoms with Crippen molar-refractivity contribution in [2.24, 2.45) is 0 Å². The van der Waals surface area contributed by atoms with Crippen LogP contribution in [0.5, 0.6) is 0 Å². The number of benzene rings is 1. The molecule has 0 N–H and O–H groups in total. The van der Waals surface area contributed by atoms with Gasteiger partial charge in [0, 0.05) is 12.2 Å². The van der Waals surface area contributed by atoms with Crippen LogP contribution in [0.25, 0.3) is 0 Å². The molecule has 1 aliphatic rings. The second-order valence-electron chi connectivity index (χ2n) is 5.18. The van der Waals surface area contributed by atoms with Gasteiger partial charge in [0.25, 0.3) is 0 Å². The molecule has 0 saturated heterocycles. The first-order chi connectivity index (χ1) is 9.63. The van der Waals surface area contributed by atoms with Gasteiger partial charge in [-0.25, -0.2) is 0 Å². The lowest BCUT2D eigenvalue weighted by Crippen LogP contribution is -2.34. The Balaban J connectivity index is 1.81. The lowest BCUT2D eigenvalue weighted by molar-refractivity contribution is 0.100. The van der Waals surface area contributed by atoms with E-state index in [9.17, 15) is 4.79 Å². The Labute approximate surface area is 128 Å². The topological polar surface area (TPSA) is 20.3 Å². The number of carbonyl (C=O) groups is 1. The predicted octanol–water partition coefficient (Wildman–Crippen LogP) is 4.35. The van der Waals surface area contributed by atoms with Crippen molar-refractivity contribution in [3.8, 4) is 0 Å². The smallest absolute Gasteiger partial charge is 0.192 e. The SMILES string of the molecule is Cc1ccc2c(c1)CCCN2CC(=O)c1ccc(Cl)s1. The van der Waals surface area contributed by atoms with Crippen LogP contribution in [0.1, 0.15) is 27.2 Å². The van der Waals surface area contributed by atoms with E-state index in [1.165, 1.54) is 28.2 Å². The Bertz CT molecular complexity index is 650. The molecule has 2 heterocycles. The number of carbonyl (C=O) groups excluding carboxylic acids is 1. The number of hydrogen-bond donors (Lipinski definition) is 0. The zero-order chi connectivity index (χ0) is 14.1. The van der Waals surface area contributed by atoms with E-state index in [0.29, 0.717) is 10.9 Å². The summed E-state index contributed by atoms with van der Waals surface area (Å²) in [4.78, 5) is 15.2. The Kier molecular flexibility index (Phi) is 3.81. The number of ketones is 1. The first-order valence-electron chi connectivity index (χ1n) is 6.76. The fraction of sp³-hybridized carbons (Fsp3) is 0.312. The lowest BCUT2D eigenvalue weighted by atomic mass is 9.99. The van der Waals surface area contributed by atoms with Crippen molar-refractivity contribution >= 4 is 34.4 Å². The molecule has 20 heavy (non-hydrogen) atoms. The second-order valence-corrected chi connectivity index (χ2v) is 6.90. The van der Waals surface area contributed by atoms with Gasteiger partial charge in [-0.15, -0.1) is 11.3 Å². The molecule has 1 aromatic carbocycles. The summed E-state index contributed by atoms with van der Waals surface area (Å²) in [6.45, 7) is 3.49. The van der Waals surface area contributed by atoms with E-state index < -0.39 is 0 Å². The molecule has 0 fully saturated rings. The maximum Gasteiger partial charge on any atom is 0.192 e. The number of nitrogens with zero attached hydrogens (tertiary/aromatic N) is 1. The third-order valence-electron chi connectivity index (χ3n) is 3.63. The van der Waals surface area contributed by atoms with Gasteiger partial charge in [-0.1, -0.05) is 29.3 Å². The van der Waals surface area contributed by atoms with Gasteiger partial charge < -0.3 is 4.90 Å². The molecule has 2 aromatic rings. The summed E-state index contributed by atoms with van der Waals surface area (Å²) in [5.74, 6) is 0.148. The van der Waals surface area contributed by atoms with Gasteiger partial charge in [-0.2, -0.15) is 0 Å².